The summed E-state index contributed by atoms with van der Waals surface area (Å²) >= 11 is 0. The molecule has 0 aliphatic carbocycles. The second-order valence-corrected chi connectivity index (χ2v) is 7.56. The molecule has 0 radical (unpaired) electrons. The number of carbonyl (C=O) groups is 2. The zero-order valence-electron chi connectivity index (χ0n) is 18.1. The van der Waals surface area contributed by atoms with Crippen LogP contribution in [0.1, 0.15) is 41.4 Å². The van der Waals surface area contributed by atoms with Crippen LogP contribution in [-0.4, -0.2) is 33.1 Å². The Hall–Kier alpha value is -3.75. The van der Waals surface area contributed by atoms with Crippen molar-refractivity contribution < 1.29 is 14.3 Å². The van der Waals surface area contributed by atoms with E-state index in [2.05, 4.69) is 24.1 Å². The van der Waals surface area contributed by atoms with Gasteiger partial charge in [-0.05, 0) is 36.6 Å². The number of ether oxygens (including phenoxy) is 1. The molecule has 9 heteroatoms. The minimum atomic E-state index is -0.781. The van der Waals surface area contributed by atoms with Crippen LogP contribution in [0.15, 0.2) is 39.9 Å². The minimum absolute atomic E-state index is 0.0102. The molecule has 0 aliphatic heterocycles. The number of esters is 1. The highest BCUT2D eigenvalue weighted by Crippen LogP contribution is 2.17. The van der Waals surface area contributed by atoms with Crippen LogP contribution in [0.2, 0.25) is 0 Å². The Labute approximate surface area is 178 Å². The summed E-state index contributed by atoms with van der Waals surface area (Å²) in [5.74, 6) is -0.923. The number of methoxy groups -OCH3 is 1. The summed E-state index contributed by atoms with van der Waals surface area (Å²) in [6, 6.07) is 8.74. The Kier molecular flexibility index (Phi) is 6.05. The average molecular weight is 424 g/mol. The fraction of sp³-hybridized carbons (Fsp3) is 0.318. The topological polar surface area (TPSA) is 112 Å². The summed E-state index contributed by atoms with van der Waals surface area (Å²) < 4.78 is 6.69. The molecule has 0 bridgehead atoms. The lowest BCUT2D eigenvalue weighted by atomic mass is 10.0. The lowest BCUT2D eigenvalue weighted by Crippen LogP contribution is -2.42. The van der Waals surface area contributed by atoms with E-state index in [1.807, 2.05) is 12.1 Å². The quantitative estimate of drug-likeness (QED) is 0.627. The summed E-state index contributed by atoms with van der Waals surface area (Å²) in [4.78, 5) is 54.8. The number of aromatic nitrogens is 3. The van der Waals surface area contributed by atoms with E-state index in [-0.39, 0.29) is 16.6 Å². The zero-order chi connectivity index (χ0) is 22.9. The van der Waals surface area contributed by atoms with Crippen molar-refractivity contribution in [2.45, 2.75) is 33.2 Å². The van der Waals surface area contributed by atoms with E-state index < -0.39 is 29.7 Å². The molecule has 0 atom stereocenters. The lowest BCUT2D eigenvalue weighted by molar-refractivity contribution is -0.116. The van der Waals surface area contributed by atoms with E-state index in [0.717, 1.165) is 14.7 Å². The van der Waals surface area contributed by atoms with E-state index in [0.29, 0.717) is 17.3 Å². The second kappa shape index (κ2) is 8.55. The molecule has 0 aliphatic rings. The molecule has 162 valence electrons. The van der Waals surface area contributed by atoms with Gasteiger partial charge in [-0.25, -0.2) is 14.6 Å². The van der Waals surface area contributed by atoms with Gasteiger partial charge in [0, 0.05) is 18.4 Å². The maximum atomic E-state index is 13.1. The molecule has 0 spiro atoms. The van der Waals surface area contributed by atoms with Crippen LogP contribution in [0, 0.1) is 6.92 Å². The van der Waals surface area contributed by atoms with Crippen molar-refractivity contribution in [3.63, 3.8) is 0 Å². The van der Waals surface area contributed by atoms with Gasteiger partial charge in [-0.2, -0.15) is 0 Å². The number of hydrogen-bond donors (Lipinski definition) is 1. The first-order valence-corrected chi connectivity index (χ1v) is 9.73. The van der Waals surface area contributed by atoms with Crippen molar-refractivity contribution in [3.8, 4) is 0 Å². The van der Waals surface area contributed by atoms with Gasteiger partial charge < -0.3 is 10.1 Å². The first-order valence-electron chi connectivity index (χ1n) is 9.73. The van der Waals surface area contributed by atoms with Crippen molar-refractivity contribution in [1.29, 1.82) is 0 Å². The fourth-order valence-corrected chi connectivity index (χ4v) is 3.31. The molecule has 2 aromatic heterocycles. The van der Waals surface area contributed by atoms with Crippen LogP contribution in [0.4, 0.5) is 5.69 Å². The predicted octanol–water partition coefficient (Wildman–Crippen LogP) is 1.95. The molecular formula is C22H24N4O5. The van der Waals surface area contributed by atoms with Gasteiger partial charge in [0.25, 0.3) is 5.56 Å². The van der Waals surface area contributed by atoms with Gasteiger partial charge in [0.1, 0.15) is 12.2 Å². The number of benzene rings is 1. The molecule has 2 heterocycles. The number of nitrogens with one attached hydrogen (secondary N) is 1. The molecule has 31 heavy (non-hydrogen) atoms. The summed E-state index contributed by atoms with van der Waals surface area (Å²) in [6.07, 6.45) is 0. The number of fused-ring (bicyclic) bond motifs is 1. The highest BCUT2D eigenvalue weighted by molar-refractivity contribution is 6.02. The monoisotopic (exact) mass is 424 g/mol. The van der Waals surface area contributed by atoms with Gasteiger partial charge in [-0.1, -0.05) is 26.0 Å². The van der Waals surface area contributed by atoms with E-state index in [1.54, 1.807) is 19.1 Å². The van der Waals surface area contributed by atoms with E-state index >= 15 is 0 Å². The highest BCUT2D eigenvalue weighted by atomic mass is 16.5. The van der Waals surface area contributed by atoms with Gasteiger partial charge in [-0.15, -0.1) is 0 Å². The zero-order valence-corrected chi connectivity index (χ0v) is 18.1. The van der Waals surface area contributed by atoms with Crippen LogP contribution in [-0.2, 0) is 23.1 Å². The predicted molar refractivity (Wildman–Crippen MR) is 116 cm³/mol. The van der Waals surface area contributed by atoms with Crippen LogP contribution >= 0.6 is 0 Å². The molecule has 0 unspecified atom stereocenters. The minimum Gasteiger partial charge on any atom is -0.465 e. The van der Waals surface area contributed by atoms with Crippen molar-refractivity contribution >= 4 is 28.6 Å². The smallest absolute Gasteiger partial charge is 0.338 e. The Bertz CT molecular complexity index is 1290. The highest BCUT2D eigenvalue weighted by Gasteiger charge is 2.21. The summed E-state index contributed by atoms with van der Waals surface area (Å²) in [5.41, 5.74) is 0.666. The summed E-state index contributed by atoms with van der Waals surface area (Å²) in [5, 5.41) is 2.61. The summed E-state index contributed by atoms with van der Waals surface area (Å²) in [7, 11) is 2.62. The number of carbonyl (C=O) groups excluding carboxylic acids is 2. The lowest BCUT2D eigenvalue weighted by Gasteiger charge is -2.13. The van der Waals surface area contributed by atoms with Crippen molar-refractivity contribution in [1.82, 2.24) is 14.1 Å². The second-order valence-electron chi connectivity index (χ2n) is 7.56. The standard InChI is InChI=1S/C22H24N4O5/c1-12(2)14-6-8-15(9-7-14)24-17(27)11-26-20(28)18-16(21(29)31-5)10-13(3)23-19(18)25(4)22(26)30/h6-10,12H,11H2,1-5H3,(H,24,27). The fourth-order valence-electron chi connectivity index (χ4n) is 3.31. The maximum absolute atomic E-state index is 13.1. The first kappa shape index (κ1) is 21.9. The van der Waals surface area contributed by atoms with Gasteiger partial charge in [-0.3, -0.25) is 18.7 Å². The number of rotatable bonds is 5. The number of nitrogens with zero attached hydrogens (tertiary/aromatic N) is 3. The summed E-state index contributed by atoms with van der Waals surface area (Å²) in [6.45, 7) is 5.25. The SMILES string of the molecule is COC(=O)c1cc(C)nc2c1c(=O)n(CC(=O)Nc1ccc(C(C)C)cc1)c(=O)n2C. The Morgan fingerprint density at radius 2 is 1.81 bits per heavy atom. The number of aryl methyl sites for hydroxylation is 2. The maximum Gasteiger partial charge on any atom is 0.338 e. The van der Waals surface area contributed by atoms with E-state index in [4.69, 9.17) is 4.74 Å². The molecule has 3 aromatic rings. The average Bonchev–Trinajstić information content (AvgIpc) is 2.74. The Morgan fingerprint density at radius 3 is 2.39 bits per heavy atom. The van der Waals surface area contributed by atoms with Crippen molar-refractivity contribution in [2.24, 2.45) is 7.05 Å². The number of hydrogen-bond acceptors (Lipinski definition) is 6. The normalized spacial score (nSPS) is 11.0. The van der Waals surface area contributed by atoms with Gasteiger partial charge >= 0.3 is 11.7 Å². The molecule has 1 N–H and O–H groups in total. The molecule has 9 nitrogen and oxygen atoms in total. The van der Waals surface area contributed by atoms with Gasteiger partial charge in [0.05, 0.1) is 18.1 Å². The third-order valence-electron chi connectivity index (χ3n) is 4.99. The van der Waals surface area contributed by atoms with E-state index in [9.17, 15) is 19.2 Å². The molecule has 0 saturated heterocycles. The Balaban J connectivity index is 2.03. The van der Waals surface area contributed by atoms with Crippen LogP contribution < -0.4 is 16.6 Å². The van der Waals surface area contributed by atoms with Gasteiger partial charge in [0.2, 0.25) is 5.91 Å². The molecular weight excluding hydrogens is 400 g/mol. The number of pyridine rings is 1. The molecule has 1 amide bonds. The van der Waals surface area contributed by atoms with Gasteiger partial charge in [0.15, 0.2) is 0 Å². The third kappa shape index (κ3) is 4.25. The van der Waals surface area contributed by atoms with Crippen LogP contribution in [0.3, 0.4) is 0 Å². The molecule has 0 fully saturated rings. The number of amides is 1. The Morgan fingerprint density at radius 1 is 1.16 bits per heavy atom. The van der Waals surface area contributed by atoms with Crippen molar-refractivity contribution in [3.05, 3.63) is 68.0 Å². The number of anilines is 1. The third-order valence-corrected chi connectivity index (χ3v) is 4.99. The van der Waals surface area contributed by atoms with E-state index in [1.165, 1.54) is 20.2 Å². The van der Waals surface area contributed by atoms with Crippen LogP contribution in [0.25, 0.3) is 11.0 Å². The van der Waals surface area contributed by atoms with Crippen LogP contribution in [0.5, 0.6) is 0 Å². The molecule has 3 rings (SSSR count). The van der Waals surface area contributed by atoms with Crippen molar-refractivity contribution in [2.75, 3.05) is 12.4 Å². The first-order chi connectivity index (χ1) is 14.6. The largest absolute Gasteiger partial charge is 0.465 e. The molecule has 1 aromatic carbocycles. The molecule has 0 saturated carbocycles.